The van der Waals surface area contributed by atoms with Crippen molar-refractivity contribution in [2.24, 2.45) is 5.92 Å². The van der Waals surface area contributed by atoms with Crippen molar-refractivity contribution < 1.29 is 9.90 Å². The number of hydrogen-bond acceptors (Lipinski definition) is 2. The highest BCUT2D eigenvalue weighted by Gasteiger charge is 2.39. The summed E-state index contributed by atoms with van der Waals surface area (Å²) in [5.74, 6) is 0.765. The van der Waals surface area contributed by atoms with E-state index in [0.717, 1.165) is 12.8 Å². The van der Waals surface area contributed by atoms with Crippen molar-refractivity contribution in [1.29, 1.82) is 0 Å². The summed E-state index contributed by atoms with van der Waals surface area (Å²) in [5.41, 5.74) is 1.29. The topological polar surface area (TPSA) is 61.4 Å². The first-order chi connectivity index (χ1) is 9.20. The van der Waals surface area contributed by atoms with E-state index < -0.39 is 0 Å². The van der Waals surface area contributed by atoms with Crippen LogP contribution in [0.5, 0.6) is 0 Å². The normalized spacial score (nSPS) is 22.6. The van der Waals surface area contributed by atoms with Crippen molar-refractivity contribution >= 4 is 6.03 Å². The summed E-state index contributed by atoms with van der Waals surface area (Å²) in [6.45, 7) is 2.79. The molecule has 2 rings (SSSR count). The average molecular weight is 262 g/mol. The molecule has 1 saturated carbocycles. The molecular weight excluding hydrogens is 240 g/mol. The number of nitrogens with one attached hydrogen (secondary N) is 2. The molecule has 2 amide bonds. The minimum Gasteiger partial charge on any atom is -0.396 e. The molecule has 1 aliphatic rings. The monoisotopic (exact) mass is 262 g/mol. The first-order valence-electron chi connectivity index (χ1n) is 6.91. The Morgan fingerprint density at radius 2 is 2.16 bits per heavy atom. The van der Waals surface area contributed by atoms with Crippen molar-refractivity contribution in [2.45, 2.75) is 31.7 Å². The van der Waals surface area contributed by atoms with Gasteiger partial charge in [-0.3, -0.25) is 0 Å². The second-order valence-corrected chi connectivity index (χ2v) is 5.33. The van der Waals surface area contributed by atoms with Crippen molar-refractivity contribution in [3.05, 3.63) is 35.9 Å². The number of rotatable bonds is 6. The number of urea groups is 1. The Hall–Kier alpha value is -1.55. The Balaban J connectivity index is 1.68. The van der Waals surface area contributed by atoms with Crippen molar-refractivity contribution in [1.82, 2.24) is 10.6 Å². The van der Waals surface area contributed by atoms with Gasteiger partial charge in [-0.05, 0) is 24.3 Å². The van der Waals surface area contributed by atoms with E-state index in [1.165, 1.54) is 5.56 Å². The molecule has 0 radical (unpaired) electrons. The molecule has 0 aromatic heterocycles. The molecule has 3 unspecified atom stereocenters. The number of carbonyl (C=O) groups excluding carboxylic acids is 1. The summed E-state index contributed by atoms with van der Waals surface area (Å²) in [6.07, 6.45) is 1.74. The largest absolute Gasteiger partial charge is 0.396 e. The highest BCUT2D eigenvalue weighted by Crippen LogP contribution is 2.40. The highest BCUT2D eigenvalue weighted by atomic mass is 16.3. The van der Waals surface area contributed by atoms with E-state index in [9.17, 15) is 4.79 Å². The second-order valence-electron chi connectivity index (χ2n) is 5.33. The van der Waals surface area contributed by atoms with E-state index in [4.69, 9.17) is 5.11 Å². The average Bonchev–Trinajstić information content (AvgIpc) is 3.17. The zero-order valence-electron chi connectivity index (χ0n) is 11.3. The summed E-state index contributed by atoms with van der Waals surface area (Å²) in [5, 5.41) is 14.6. The Morgan fingerprint density at radius 3 is 2.84 bits per heavy atom. The van der Waals surface area contributed by atoms with Gasteiger partial charge >= 0.3 is 6.03 Å². The minimum absolute atomic E-state index is 0.103. The lowest BCUT2D eigenvalue weighted by molar-refractivity contribution is 0.233. The molecule has 4 nitrogen and oxygen atoms in total. The number of benzene rings is 1. The maximum Gasteiger partial charge on any atom is 0.315 e. The van der Waals surface area contributed by atoms with Gasteiger partial charge in [0.05, 0.1) is 0 Å². The Morgan fingerprint density at radius 1 is 1.42 bits per heavy atom. The van der Waals surface area contributed by atoms with Gasteiger partial charge in [0, 0.05) is 25.1 Å². The van der Waals surface area contributed by atoms with Crippen LogP contribution in [-0.2, 0) is 0 Å². The fraction of sp³-hybridized carbons (Fsp3) is 0.533. The molecule has 1 aromatic carbocycles. The lowest BCUT2D eigenvalue weighted by Gasteiger charge is -2.12. The van der Waals surface area contributed by atoms with Crippen LogP contribution in [0.3, 0.4) is 0 Å². The molecular formula is C15H22N2O2. The summed E-state index contributed by atoms with van der Waals surface area (Å²) in [6, 6.07) is 10.4. The lowest BCUT2D eigenvalue weighted by Crippen LogP contribution is -2.39. The Kier molecular flexibility index (Phi) is 4.80. The predicted molar refractivity (Wildman–Crippen MR) is 75.0 cm³/mol. The third-order valence-corrected chi connectivity index (χ3v) is 3.57. The second kappa shape index (κ2) is 6.57. The number of carbonyl (C=O) groups is 1. The van der Waals surface area contributed by atoms with Gasteiger partial charge in [-0.1, -0.05) is 37.3 Å². The van der Waals surface area contributed by atoms with Gasteiger partial charge in [-0.15, -0.1) is 0 Å². The molecule has 0 heterocycles. The summed E-state index contributed by atoms with van der Waals surface area (Å²) in [7, 11) is 0. The molecule has 1 aromatic rings. The van der Waals surface area contributed by atoms with Crippen molar-refractivity contribution in [3.63, 3.8) is 0 Å². The maximum absolute atomic E-state index is 11.7. The highest BCUT2D eigenvalue weighted by molar-refractivity contribution is 5.74. The molecule has 104 valence electrons. The van der Waals surface area contributed by atoms with E-state index in [-0.39, 0.29) is 18.7 Å². The Labute approximate surface area is 114 Å². The lowest BCUT2D eigenvalue weighted by atomic mass is 10.1. The SMILES string of the molecule is CC(CCO)CNC(=O)NC1CC1c1ccccc1. The van der Waals surface area contributed by atoms with Crippen LogP contribution in [0.4, 0.5) is 4.79 Å². The van der Waals surface area contributed by atoms with Gasteiger partial charge < -0.3 is 15.7 Å². The smallest absolute Gasteiger partial charge is 0.315 e. The molecule has 19 heavy (non-hydrogen) atoms. The molecule has 1 aliphatic carbocycles. The summed E-state index contributed by atoms with van der Waals surface area (Å²) in [4.78, 5) is 11.7. The summed E-state index contributed by atoms with van der Waals surface area (Å²) >= 11 is 0. The molecule has 4 heteroatoms. The van der Waals surface area contributed by atoms with E-state index in [1.807, 2.05) is 25.1 Å². The van der Waals surface area contributed by atoms with Crippen LogP contribution in [0, 0.1) is 5.92 Å². The van der Waals surface area contributed by atoms with Gasteiger partial charge in [0.15, 0.2) is 0 Å². The van der Waals surface area contributed by atoms with Gasteiger partial charge in [-0.2, -0.15) is 0 Å². The maximum atomic E-state index is 11.7. The third kappa shape index (κ3) is 4.24. The van der Waals surface area contributed by atoms with Gasteiger partial charge in [0.25, 0.3) is 0 Å². The first kappa shape index (κ1) is 13.9. The minimum atomic E-state index is -0.103. The standard InChI is InChI=1S/C15H22N2O2/c1-11(7-8-18)10-16-15(19)17-14-9-13(14)12-5-3-2-4-6-12/h2-6,11,13-14,18H,7-10H2,1H3,(H2,16,17,19). The summed E-state index contributed by atoms with van der Waals surface area (Å²) < 4.78 is 0. The third-order valence-electron chi connectivity index (χ3n) is 3.57. The number of aliphatic hydroxyl groups is 1. The van der Waals surface area contributed by atoms with E-state index >= 15 is 0 Å². The molecule has 3 N–H and O–H groups in total. The van der Waals surface area contributed by atoms with Crippen molar-refractivity contribution in [2.75, 3.05) is 13.2 Å². The van der Waals surface area contributed by atoms with Crippen LogP contribution in [-0.4, -0.2) is 30.3 Å². The fourth-order valence-corrected chi connectivity index (χ4v) is 2.23. The van der Waals surface area contributed by atoms with E-state index in [1.54, 1.807) is 0 Å². The quantitative estimate of drug-likeness (QED) is 0.733. The van der Waals surface area contributed by atoms with Crippen LogP contribution in [0.2, 0.25) is 0 Å². The van der Waals surface area contributed by atoms with Gasteiger partial charge in [0.1, 0.15) is 0 Å². The zero-order chi connectivity index (χ0) is 13.7. The zero-order valence-corrected chi connectivity index (χ0v) is 11.3. The molecule has 0 aliphatic heterocycles. The number of hydrogen-bond donors (Lipinski definition) is 3. The number of amides is 2. The Bertz CT molecular complexity index is 408. The van der Waals surface area contributed by atoms with Crippen LogP contribution >= 0.6 is 0 Å². The number of aliphatic hydroxyl groups excluding tert-OH is 1. The molecule has 3 atom stereocenters. The molecule has 0 spiro atoms. The van der Waals surface area contributed by atoms with Crippen LogP contribution in [0.1, 0.15) is 31.2 Å². The van der Waals surface area contributed by atoms with Crippen molar-refractivity contribution in [3.8, 4) is 0 Å². The molecule has 0 bridgehead atoms. The van der Waals surface area contributed by atoms with E-state index in [2.05, 4.69) is 22.8 Å². The van der Waals surface area contributed by atoms with Gasteiger partial charge in [0.2, 0.25) is 0 Å². The van der Waals surface area contributed by atoms with Crippen LogP contribution in [0.25, 0.3) is 0 Å². The first-order valence-corrected chi connectivity index (χ1v) is 6.91. The van der Waals surface area contributed by atoms with E-state index in [0.29, 0.717) is 18.4 Å². The predicted octanol–water partition coefficient (Wildman–Crippen LogP) is 1.86. The molecule has 0 saturated heterocycles. The molecule has 1 fully saturated rings. The fourth-order valence-electron chi connectivity index (χ4n) is 2.23. The van der Waals surface area contributed by atoms with Crippen LogP contribution < -0.4 is 10.6 Å². The van der Waals surface area contributed by atoms with Crippen LogP contribution in [0.15, 0.2) is 30.3 Å². The van der Waals surface area contributed by atoms with Gasteiger partial charge in [-0.25, -0.2) is 4.79 Å².